The summed E-state index contributed by atoms with van der Waals surface area (Å²) in [6.45, 7) is 1.93. The molecule has 0 aliphatic carbocycles. The number of carbonyl (C=O) groups is 1. The van der Waals surface area contributed by atoms with Gasteiger partial charge in [-0.15, -0.1) is 0 Å². The number of urea groups is 1. The third-order valence-electron chi connectivity index (χ3n) is 3.87. The minimum absolute atomic E-state index is 0.0596. The van der Waals surface area contributed by atoms with E-state index < -0.39 is 0 Å². The van der Waals surface area contributed by atoms with Crippen LogP contribution in [-0.2, 0) is 6.42 Å². The monoisotopic (exact) mass is 354 g/mol. The van der Waals surface area contributed by atoms with Crippen LogP contribution in [0.2, 0.25) is 0 Å². The van der Waals surface area contributed by atoms with Gasteiger partial charge in [0.05, 0.1) is 0 Å². The Labute approximate surface area is 151 Å². The minimum Gasteiger partial charge on any atom is -0.508 e. The van der Waals surface area contributed by atoms with Crippen LogP contribution in [0.4, 0.5) is 16.5 Å². The van der Waals surface area contributed by atoms with Gasteiger partial charge in [0.2, 0.25) is 0 Å². The average molecular weight is 354 g/mol. The Balaban J connectivity index is 1.60. The maximum Gasteiger partial charge on any atom is 0.319 e. The topological polar surface area (TPSA) is 90.6 Å². The molecule has 0 bridgehead atoms. The lowest BCUT2D eigenvalue weighted by Gasteiger charge is -2.15. The molecule has 7 nitrogen and oxygen atoms in total. The summed E-state index contributed by atoms with van der Waals surface area (Å²) >= 11 is 0. The fourth-order valence-corrected chi connectivity index (χ4v) is 2.61. The molecule has 0 saturated heterocycles. The molecule has 3 rings (SSSR count). The van der Waals surface area contributed by atoms with E-state index in [1.165, 1.54) is 0 Å². The van der Waals surface area contributed by atoms with Crippen molar-refractivity contribution in [2.24, 2.45) is 0 Å². The first kappa shape index (κ1) is 17.6. The smallest absolute Gasteiger partial charge is 0.319 e. The molecule has 0 fully saturated rings. The van der Waals surface area contributed by atoms with Gasteiger partial charge in [0.1, 0.15) is 11.3 Å². The molecule has 7 heteroatoms. The standard InChI is InChI=1S/C19H22N4O3/c1-12(10-13-4-7-15(24)8-5-13)20-18(25)21-14-6-9-17-16(11-14)22-19(26-17)23(2)3/h4-9,11-12,24H,10H2,1-3H3,(H2,20,21,25)/t12-/m1/s1. The van der Waals surface area contributed by atoms with Crippen molar-refractivity contribution >= 4 is 28.8 Å². The molecule has 0 aliphatic rings. The van der Waals surface area contributed by atoms with E-state index in [-0.39, 0.29) is 17.8 Å². The summed E-state index contributed by atoms with van der Waals surface area (Å²) in [6.07, 6.45) is 0.669. The molecule has 1 aromatic heterocycles. The average Bonchev–Trinajstić information content (AvgIpc) is 3.00. The number of hydrogen-bond donors (Lipinski definition) is 3. The fourth-order valence-electron chi connectivity index (χ4n) is 2.61. The van der Waals surface area contributed by atoms with Crippen LogP contribution in [0.15, 0.2) is 46.9 Å². The Morgan fingerprint density at radius 1 is 1.23 bits per heavy atom. The van der Waals surface area contributed by atoms with Crippen molar-refractivity contribution in [3.63, 3.8) is 0 Å². The first-order valence-corrected chi connectivity index (χ1v) is 8.34. The van der Waals surface area contributed by atoms with Gasteiger partial charge in [0.15, 0.2) is 5.58 Å². The van der Waals surface area contributed by atoms with E-state index in [0.717, 1.165) is 5.56 Å². The lowest BCUT2D eigenvalue weighted by molar-refractivity contribution is 0.249. The summed E-state index contributed by atoms with van der Waals surface area (Å²) in [5.74, 6) is 0.229. The van der Waals surface area contributed by atoms with E-state index in [1.807, 2.05) is 33.2 Å². The van der Waals surface area contributed by atoms with Crippen LogP contribution >= 0.6 is 0 Å². The highest BCUT2D eigenvalue weighted by Gasteiger charge is 2.11. The van der Waals surface area contributed by atoms with Crippen LogP contribution in [0.3, 0.4) is 0 Å². The Morgan fingerprint density at radius 3 is 2.65 bits per heavy atom. The highest BCUT2D eigenvalue weighted by atomic mass is 16.4. The number of amides is 2. The largest absolute Gasteiger partial charge is 0.508 e. The number of benzene rings is 2. The summed E-state index contributed by atoms with van der Waals surface area (Å²) < 4.78 is 5.60. The second-order valence-electron chi connectivity index (χ2n) is 6.44. The van der Waals surface area contributed by atoms with Crippen LogP contribution < -0.4 is 15.5 Å². The van der Waals surface area contributed by atoms with Crippen LogP contribution in [-0.4, -0.2) is 36.3 Å². The van der Waals surface area contributed by atoms with Crippen molar-refractivity contribution in [2.45, 2.75) is 19.4 Å². The molecule has 1 atom stereocenters. The van der Waals surface area contributed by atoms with Gasteiger partial charge in [0, 0.05) is 25.8 Å². The Kier molecular flexibility index (Phi) is 4.97. The predicted molar refractivity (Wildman–Crippen MR) is 102 cm³/mol. The first-order valence-electron chi connectivity index (χ1n) is 8.34. The number of hydrogen-bond acceptors (Lipinski definition) is 5. The van der Waals surface area contributed by atoms with E-state index in [4.69, 9.17) is 4.42 Å². The highest BCUT2D eigenvalue weighted by Crippen LogP contribution is 2.23. The second-order valence-corrected chi connectivity index (χ2v) is 6.44. The van der Waals surface area contributed by atoms with Gasteiger partial charge < -0.3 is 25.1 Å². The number of rotatable bonds is 5. The number of phenolic OH excluding ortho intramolecular Hbond substituents is 1. The van der Waals surface area contributed by atoms with E-state index in [0.29, 0.717) is 29.2 Å². The van der Waals surface area contributed by atoms with Gasteiger partial charge in [0.25, 0.3) is 6.01 Å². The number of aromatic nitrogens is 1. The second kappa shape index (κ2) is 7.35. The van der Waals surface area contributed by atoms with Crippen LogP contribution in [0.25, 0.3) is 11.1 Å². The molecular formula is C19H22N4O3. The number of phenols is 1. The van der Waals surface area contributed by atoms with Gasteiger partial charge >= 0.3 is 6.03 Å². The van der Waals surface area contributed by atoms with Crippen LogP contribution in [0.5, 0.6) is 5.75 Å². The maximum atomic E-state index is 12.2. The zero-order valence-corrected chi connectivity index (χ0v) is 15.0. The summed E-state index contributed by atoms with van der Waals surface area (Å²) in [4.78, 5) is 18.4. The highest BCUT2D eigenvalue weighted by molar-refractivity contribution is 5.92. The molecule has 26 heavy (non-hydrogen) atoms. The molecule has 136 valence electrons. The van der Waals surface area contributed by atoms with Crippen molar-refractivity contribution in [1.82, 2.24) is 10.3 Å². The number of carbonyl (C=O) groups excluding carboxylic acids is 1. The Bertz CT molecular complexity index is 903. The molecule has 3 aromatic rings. The first-order chi connectivity index (χ1) is 12.4. The maximum absolute atomic E-state index is 12.2. The number of fused-ring (bicyclic) bond motifs is 1. The Hall–Kier alpha value is -3.22. The third-order valence-corrected chi connectivity index (χ3v) is 3.87. The zero-order chi connectivity index (χ0) is 18.7. The molecule has 2 amide bonds. The van der Waals surface area contributed by atoms with Gasteiger partial charge in [-0.2, -0.15) is 4.98 Å². The number of oxazole rings is 1. The van der Waals surface area contributed by atoms with Gasteiger partial charge in [-0.05, 0) is 49.2 Å². The molecule has 0 saturated carbocycles. The van der Waals surface area contributed by atoms with Crippen molar-refractivity contribution in [1.29, 1.82) is 0 Å². The number of nitrogens with one attached hydrogen (secondary N) is 2. The summed E-state index contributed by atoms with van der Waals surface area (Å²) in [6, 6.07) is 12.5. The van der Waals surface area contributed by atoms with Gasteiger partial charge in [-0.3, -0.25) is 0 Å². The summed E-state index contributed by atoms with van der Waals surface area (Å²) in [7, 11) is 3.71. The van der Waals surface area contributed by atoms with Crippen molar-refractivity contribution in [3.05, 3.63) is 48.0 Å². The molecule has 1 heterocycles. The van der Waals surface area contributed by atoms with Crippen molar-refractivity contribution in [3.8, 4) is 5.75 Å². The lowest BCUT2D eigenvalue weighted by atomic mass is 10.1. The zero-order valence-electron chi connectivity index (χ0n) is 15.0. The van der Waals surface area contributed by atoms with Gasteiger partial charge in [-0.25, -0.2) is 4.79 Å². The summed E-state index contributed by atoms with van der Waals surface area (Å²) in [5.41, 5.74) is 3.03. The number of aromatic hydroxyl groups is 1. The van der Waals surface area contributed by atoms with Crippen LogP contribution in [0, 0.1) is 0 Å². The molecule has 0 aliphatic heterocycles. The quantitative estimate of drug-likeness (QED) is 0.654. The van der Waals surface area contributed by atoms with Crippen molar-refractivity contribution < 1.29 is 14.3 Å². The van der Waals surface area contributed by atoms with E-state index in [2.05, 4.69) is 15.6 Å². The fraction of sp³-hybridized carbons (Fsp3) is 0.263. The molecule has 0 spiro atoms. The van der Waals surface area contributed by atoms with Gasteiger partial charge in [-0.1, -0.05) is 12.1 Å². The normalized spacial score (nSPS) is 12.0. The van der Waals surface area contributed by atoms with E-state index >= 15 is 0 Å². The number of anilines is 2. The predicted octanol–water partition coefficient (Wildman–Crippen LogP) is 3.35. The Morgan fingerprint density at radius 2 is 1.96 bits per heavy atom. The van der Waals surface area contributed by atoms with Crippen molar-refractivity contribution in [2.75, 3.05) is 24.3 Å². The summed E-state index contributed by atoms with van der Waals surface area (Å²) in [5, 5.41) is 15.0. The van der Waals surface area contributed by atoms with Crippen LogP contribution in [0.1, 0.15) is 12.5 Å². The molecule has 3 N–H and O–H groups in total. The van der Waals surface area contributed by atoms with E-state index in [9.17, 15) is 9.90 Å². The molecule has 0 radical (unpaired) electrons. The minimum atomic E-state index is -0.285. The molecule has 0 unspecified atom stereocenters. The molecule has 2 aromatic carbocycles. The van der Waals surface area contributed by atoms with E-state index in [1.54, 1.807) is 35.2 Å². The SMILES string of the molecule is C[C@H](Cc1ccc(O)cc1)NC(=O)Nc1ccc2oc(N(C)C)nc2c1. The molecular weight excluding hydrogens is 332 g/mol. The third kappa shape index (κ3) is 4.24. The lowest BCUT2D eigenvalue weighted by Crippen LogP contribution is -2.37. The number of nitrogens with zero attached hydrogens (tertiary/aromatic N) is 2.